The van der Waals surface area contributed by atoms with Crippen molar-refractivity contribution >= 4 is 34.1 Å². The number of aromatic nitrogens is 2. The maximum absolute atomic E-state index is 12.8. The van der Waals surface area contributed by atoms with E-state index in [0.717, 1.165) is 22.3 Å². The minimum Gasteiger partial charge on any atom is -0.465 e. The number of thiophene rings is 1. The highest BCUT2D eigenvalue weighted by molar-refractivity contribution is 7.17. The van der Waals surface area contributed by atoms with E-state index in [1.54, 1.807) is 20.8 Å². The van der Waals surface area contributed by atoms with Gasteiger partial charge in [-0.2, -0.15) is 18.3 Å². The Bertz CT molecular complexity index is 997. The monoisotopic (exact) mass is 460 g/mol. The number of nitrogens with zero attached hydrogens (tertiary/aromatic N) is 2. The van der Waals surface area contributed by atoms with E-state index in [1.807, 2.05) is 0 Å². The molecule has 8 nitrogen and oxygen atoms in total. The van der Waals surface area contributed by atoms with Gasteiger partial charge in [0.2, 0.25) is 0 Å². The van der Waals surface area contributed by atoms with Gasteiger partial charge >= 0.3 is 24.0 Å². The Balaban J connectivity index is 1.96. The Hall–Kier alpha value is -2.89. The predicted molar refractivity (Wildman–Crippen MR) is 108 cm³/mol. The zero-order valence-electron chi connectivity index (χ0n) is 17.6. The summed E-state index contributed by atoms with van der Waals surface area (Å²) in [5.74, 6) is -2.82. The number of hydrogen-bond acceptors (Lipinski definition) is 6. The maximum atomic E-state index is 12.8. The number of ether oxygens (including phenoxy) is 1. The highest BCUT2D eigenvalue weighted by Gasteiger charge is 2.34. The lowest BCUT2D eigenvalue weighted by Crippen LogP contribution is -2.38. The Kier molecular flexibility index (Phi) is 7.47. The van der Waals surface area contributed by atoms with Crippen molar-refractivity contribution in [2.45, 2.75) is 40.4 Å². The van der Waals surface area contributed by atoms with Crippen molar-refractivity contribution in [3.8, 4) is 0 Å². The lowest BCUT2D eigenvalue weighted by molar-refractivity contribution is -0.141. The van der Waals surface area contributed by atoms with E-state index in [9.17, 15) is 27.6 Å². The second-order valence-electron chi connectivity index (χ2n) is 7.10. The molecule has 0 aliphatic carbocycles. The van der Waals surface area contributed by atoms with Gasteiger partial charge in [0.25, 0.3) is 0 Å². The van der Waals surface area contributed by atoms with E-state index in [1.165, 1.54) is 18.7 Å². The fraction of sp³-hybridized carbons (Fsp3) is 0.474. The van der Waals surface area contributed by atoms with Crippen LogP contribution >= 0.6 is 11.3 Å². The van der Waals surface area contributed by atoms with Crippen LogP contribution in [0.15, 0.2) is 6.07 Å². The summed E-state index contributed by atoms with van der Waals surface area (Å²) in [5.41, 5.74) is 0.189. The van der Waals surface area contributed by atoms with Crippen LogP contribution in [0.1, 0.15) is 39.1 Å². The first-order valence-corrected chi connectivity index (χ1v) is 10.1. The average molecular weight is 460 g/mol. The van der Waals surface area contributed by atoms with E-state index in [-0.39, 0.29) is 29.6 Å². The SMILES string of the molecule is COC(=O)c1c(NC(=O)C(=O)NC[C@H](C)Cn2nc(C(F)(F)F)cc2C)sc(C)c1C. The van der Waals surface area contributed by atoms with E-state index >= 15 is 0 Å². The molecule has 0 spiro atoms. The molecular formula is C19H23F3N4O4S. The molecule has 2 heterocycles. The number of alkyl halides is 3. The van der Waals surface area contributed by atoms with Crippen LogP contribution < -0.4 is 10.6 Å². The van der Waals surface area contributed by atoms with E-state index < -0.39 is 29.7 Å². The minimum absolute atomic E-state index is 0.0409. The van der Waals surface area contributed by atoms with Crippen molar-refractivity contribution in [3.05, 3.63) is 33.5 Å². The van der Waals surface area contributed by atoms with Gasteiger partial charge in [-0.25, -0.2) is 4.79 Å². The number of rotatable bonds is 6. The molecule has 170 valence electrons. The second-order valence-corrected chi connectivity index (χ2v) is 8.32. The Morgan fingerprint density at radius 1 is 1.23 bits per heavy atom. The van der Waals surface area contributed by atoms with Crippen molar-refractivity contribution in [3.63, 3.8) is 0 Å². The number of nitrogens with one attached hydrogen (secondary N) is 2. The molecule has 2 rings (SSSR count). The molecule has 0 aliphatic heterocycles. The Morgan fingerprint density at radius 2 is 1.87 bits per heavy atom. The van der Waals surface area contributed by atoms with Crippen molar-refractivity contribution in [2.75, 3.05) is 19.0 Å². The van der Waals surface area contributed by atoms with E-state index in [0.29, 0.717) is 11.3 Å². The summed E-state index contributed by atoms with van der Waals surface area (Å²) in [7, 11) is 1.22. The largest absolute Gasteiger partial charge is 0.465 e. The molecule has 0 saturated carbocycles. The lowest BCUT2D eigenvalue weighted by Gasteiger charge is -2.14. The van der Waals surface area contributed by atoms with Crippen LogP contribution in [0, 0.1) is 26.7 Å². The van der Waals surface area contributed by atoms with E-state index in [2.05, 4.69) is 15.7 Å². The Morgan fingerprint density at radius 3 is 2.42 bits per heavy atom. The lowest BCUT2D eigenvalue weighted by atomic mass is 10.1. The van der Waals surface area contributed by atoms with Gasteiger partial charge in [0, 0.05) is 23.7 Å². The summed E-state index contributed by atoms with van der Waals surface area (Å²) < 4.78 is 44.2. The molecule has 0 aromatic carbocycles. The van der Waals surface area contributed by atoms with Crippen LogP contribution in [0.3, 0.4) is 0 Å². The van der Waals surface area contributed by atoms with Gasteiger partial charge < -0.3 is 15.4 Å². The molecule has 2 aromatic heterocycles. The quantitative estimate of drug-likeness (QED) is 0.510. The van der Waals surface area contributed by atoms with Crippen molar-refractivity contribution < 1.29 is 32.3 Å². The van der Waals surface area contributed by atoms with Gasteiger partial charge in [-0.1, -0.05) is 6.92 Å². The van der Waals surface area contributed by atoms with Crippen molar-refractivity contribution in [1.29, 1.82) is 0 Å². The summed E-state index contributed by atoms with van der Waals surface area (Å²) in [6, 6.07) is 0.947. The van der Waals surface area contributed by atoms with Crippen LogP contribution in [0.5, 0.6) is 0 Å². The normalized spacial score (nSPS) is 12.4. The average Bonchev–Trinajstić information content (AvgIpc) is 3.18. The molecule has 0 saturated heterocycles. The number of anilines is 1. The first-order chi connectivity index (χ1) is 14.3. The van der Waals surface area contributed by atoms with Crippen LogP contribution in [0.2, 0.25) is 0 Å². The number of carbonyl (C=O) groups excluding carboxylic acids is 3. The van der Waals surface area contributed by atoms with Gasteiger partial charge in [0.1, 0.15) is 5.00 Å². The molecule has 2 amide bonds. The molecule has 0 bridgehead atoms. The summed E-state index contributed by atoms with van der Waals surface area (Å²) in [6.07, 6.45) is -4.53. The fourth-order valence-corrected chi connectivity index (χ4v) is 3.81. The molecule has 31 heavy (non-hydrogen) atoms. The fourth-order valence-electron chi connectivity index (χ4n) is 2.76. The smallest absolute Gasteiger partial charge is 0.435 e. The number of halogens is 3. The molecule has 0 radical (unpaired) electrons. The van der Waals surface area contributed by atoms with Crippen LogP contribution in [-0.4, -0.2) is 41.2 Å². The van der Waals surface area contributed by atoms with E-state index in [4.69, 9.17) is 4.74 Å². The van der Waals surface area contributed by atoms with Crippen LogP contribution in [0.4, 0.5) is 18.2 Å². The molecule has 0 fully saturated rings. The molecule has 1 atom stereocenters. The molecule has 0 aliphatic rings. The summed E-state index contributed by atoms with van der Waals surface area (Å²) in [5, 5.41) is 8.60. The third kappa shape index (κ3) is 5.84. The van der Waals surface area contributed by atoms with Gasteiger partial charge in [0.15, 0.2) is 5.69 Å². The molecular weight excluding hydrogens is 437 g/mol. The predicted octanol–water partition coefficient (Wildman–Crippen LogP) is 3.07. The van der Waals surface area contributed by atoms with Crippen molar-refractivity contribution in [1.82, 2.24) is 15.1 Å². The van der Waals surface area contributed by atoms with Crippen LogP contribution in [0.25, 0.3) is 0 Å². The first-order valence-electron chi connectivity index (χ1n) is 9.24. The maximum Gasteiger partial charge on any atom is 0.435 e. The first kappa shape index (κ1) is 24.4. The third-order valence-electron chi connectivity index (χ3n) is 4.58. The summed E-state index contributed by atoms with van der Waals surface area (Å²) in [6.45, 7) is 6.85. The second kappa shape index (κ2) is 9.50. The van der Waals surface area contributed by atoms with Gasteiger partial charge in [-0.3, -0.25) is 14.3 Å². The number of amides is 2. The zero-order chi connectivity index (χ0) is 23.5. The van der Waals surface area contributed by atoms with Gasteiger partial charge in [-0.05, 0) is 38.3 Å². The van der Waals surface area contributed by atoms with Crippen molar-refractivity contribution in [2.24, 2.45) is 5.92 Å². The molecule has 2 aromatic rings. The van der Waals surface area contributed by atoms with Gasteiger partial charge in [-0.15, -0.1) is 11.3 Å². The third-order valence-corrected chi connectivity index (χ3v) is 5.70. The highest BCUT2D eigenvalue weighted by Crippen LogP contribution is 2.33. The minimum atomic E-state index is -4.53. The number of esters is 1. The number of carbonyl (C=O) groups is 3. The zero-order valence-corrected chi connectivity index (χ0v) is 18.5. The summed E-state index contributed by atoms with van der Waals surface area (Å²) >= 11 is 1.15. The summed E-state index contributed by atoms with van der Waals surface area (Å²) in [4.78, 5) is 37.1. The number of hydrogen-bond donors (Lipinski definition) is 2. The standard InChI is InChI=1S/C19H23F3N4O4S/c1-9(8-26-10(2)6-13(25-26)19(20,21)22)7-23-15(27)16(28)24-17-14(18(29)30-5)11(3)12(4)31-17/h6,9H,7-8H2,1-5H3,(H,23,27)(H,24,28)/t9-/m0/s1. The van der Waals surface area contributed by atoms with Gasteiger partial charge in [0.05, 0.1) is 12.7 Å². The Labute approximate surface area is 180 Å². The number of aryl methyl sites for hydroxylation is 2. The molecule has 0 unspecified atom stereocenters. The number of methoxy groups -OCH3 is 1. The van der Waals surface area contributed by atoms with Crippen LogP contribution in [-0.2, 0) is 27.0 Å². The topological polar surface area (TPSA) is 102 Å². The molecule has 12 heteroatoms. The highest BCUT2D eigenvalue weighted by atomic mass is 32.1. The molecule has 2 N–H and O–H groups in total.